The highest BCUT2D eigenvalue weighted by Gasteiger charge is 2.20. The van der Waals surface area contributed by atoms with Crippen molar-refractivity contribution in [3.63, 3.8) is 0 Å². The Morgan fingerprint density at radius 3 is 2.26 bits per heavy atom. The third kappa shape index (κ3) is 4.27. The van der Waals surface area contributed by atoms with Gasteiger partial charge >= 0.3 is 10.2 Å². The first-order valence-corrected chi connectivity index (χ1v) is 8.15. The van der Waals surface area contributed by atoms with E-state index >= 15 is 0 Å². The van der Waals surface area contributed by atoms with Crippen LogP contribution in [0.5, 0.6) is 0 Å². The van der Waals surface area contributed by atoms with Crippen molar-refractivity contribution in [2.75, 3.05) is 14.1 Å². The third-order valence-corrected chi connectivity index (χ3v) is 4.89. The van der Waals surface area contributed by atoms with Crippen LogP contribution in [0.4, 0.5) is 3.89 Å². The average molecular weight is 328 g/mol. The summed E-state index contributed by atoms with van der Waals surface area (Å²) in [6.45, 7) is 0. The van der Waals surface area contributed by atoms with Gasteiger partial charge in [-0.15, -0.1) is 3.89 Å². The molecular formula is C10H11ClFNO4S2. The van der Waals surface area contributed by atoms with Crippen molar-refractivity contribution in [3.05, 3.63) is 34.2 Å². The zero-order chi connectivity index (χ0) is 14.8. The molecule has 9 heteroatoms. The van der Waals surface area contributed by atoms with Crippen molar-refractivity contribution in [1.82, 2.24) is 4.31 Å². The maximum absolute atomic E-state index is 12.3. The molecule has 19 heavy (non-hydrogen) atoms. The zero-order valence-corrected chi connectivity index (χ0v) is 12.4. The number of hydrogen-bond acceptors (Lipinski definition) is 4. The van der Waals surface area contributed by atoms with Gasteiger partial charge in [-0.3, -0.25) is 0 Å². The predicted molar refractivity (Wildman–Crippen MR) is 71.4 cm³/mol. The van der Waals surface area contributed by atoms with Crippen LogP contribution in [0.25, 0.3) is 6.08 Å². The highest BCUT2D eigenvalue weighted by Crippen LogP contribution is 2.25. The van der Waals surface area contributed by atoms with E-state index in [1.165, 1.54) is 32.3 Å². The smallest absolute Gasteiger partial charge is 0.207 e. The van der Waals surface area contributed by atoms with E-state index in [0.29, 0.717) is 5.41 Å². The van der Waals surface area contributed by atoms with Gasteiger partial charge in [-0.25, -0.2) is 12.7 Å². The molecule has 5 nitrogen and oxygen atoms in total. The SMILES string of the molecule is CN(C)S(=O)(=O)c1cc(/C=C/S(=O)(=O)F)ccc1Cl. The Balaban J connectivity index is 3.35. The maximum Gasteiger partial charge on any atom is 0.325 e. The first-order chi connectivity index (χ1) is 8.54. The summed E-state index contributed by atoms with van der Waals surface area (Å²) >= 11 is 5.79. The van der Waals surface area contributed by atoms with Gasteiger partial charge in [-0.2, -0.15) is 8.42 Å². The molecule has 1 rings (SSSR count). The van der Waals surface area contributed by atoms with Gasteiger partial charge < -0.3 is 0 Å². The standard InChI is InChI=1S/C10H11ClFNO4S2/c1-13(2)19(16,17)10-7-8(3-4-9(10)11)5-6-18(12,14)15/h3-7H,1-2H3/b6-5+. The molecule has 1 aromatic carbocycles. The number of sulfonamides is 1. The number of hydrogen-bond donors (Lipinski definition) is 0. The van der Waals surface area contributed by atoms with Gasteiger partial charge in [-0.1, -0.05) is 17.7 Å². The quantitative estimate of drug-likeness (QED) is 0.791. The predicted octanol–water partition coefficient (Wildman–Crippen LogP) is 1.86. The molecule has 0 spiro atoms. The topological polar surface area (TPSA) is 71.5 Å². The number of rotatable bonds is 4. The van der Waals surface area contributed by atoms with E-state index in [4.69, 9.17) is 11.6 Å². The number of halogens is 2. The Morgan fingerprint density at radius 2 is 1.79 bits per heavy atom. The summed E-state index contributed by atoms with van der Waals surface area (Å²) in [6.07, 6.45) is 0.945. The zero-order valence-electron chi connectivity index (χ0n) is 10.0. The van der Waals surface area contributed by atoms with E-state index in [1.54, 1.807) is 0 Å². The van der Waals surface area contributed by atoms with Gasteiger partial charge in [0.05, 0.1) is 10.4 Å². The maximum atomic E-state index is 12.3. The summed E-state index contributed by atoms with van der Waals surface area (Å²) in [7, 11) is -5.86. The molecule has 0 saturated carbocycles. The molecular weight excluding hydrogens is 317 g/mol. The molecule has 1 aromatic rings. The van der Waals surface area contributed by atoms with Gasteiger partial charge in [0.1, 0.15) is 4.90 Å². The molecule has 0 aliphatic rings. The molecule has 106 valence electrons. The molecule has 0 unspecified atom stereocenters. The van der Waals surface area contributed by atoms with Crippen LogP contribution >= 0.6 is 11.6 Å². The van der Waals surface area contributed by atoms with E-state index < -0.39 is 20.2 Å². The second-order valence-corrected chi connectivity index (χ2v) is 7.51. The minimum Gasteiger partial charge on any atom is -0.207 e. The highest BCUT2D eigenvalue weighted by molar-refractivity contribution is 7.89. The lowest BCUT2D eigenvalue weighted by atomic mass is 10.2. The second kappa shape index (κ2) is 5.58. The van der Waals surface area contributed by atoms with E-state index in [-0.39, 0.29) is 15.5 Å². The first-order valence-electron chi connectivity index (χ1n) is 4.89. The molecule has 0 bridgehead atoms. The number of nitrogens with zero attached hydrogens (tertiary/aromatic N) is 1. The fourth-order valence-electron chi connectivity index (χ4n) is 1.18. The minimum atomic E-state index is -4.77. The molecule has 0 N–H and O–H groups in total. The normalized spacial score (nSPS) is 13.3. The Morgan fingerprint density at radius 1 is 1.21 bits per heavy atom. The van der Waals surface area contributed by atoms with Crippen molar-refractivity contribution in [2.45, 2.75) is 4.90 Å². The van der Waals surface area contributed by atoms with E-state index in [1.807, 2.05) is 0 Å². The molecule has 0 amide bonds. The Kier molecular flexibility index (Phi) is 4.72. The van der Waals surface area contributed by atoms with Gasteiger partial charge in [-0.05, 0) is 23.8 Å². The first kappa shape index (κ1) is 16.1. The summed E-state index contributed by atoms with van der Waals surface area (Å²) in [5.41, 5.74) is 0.200. The molecule has 0 heterocycles. The van der Waals surface area contributed by atoms with Crippen LogP contribution in [0.2, 0.25) is 5.02 Å². The van der Waals surface area contributed by atoms with Crippen molar-refractivity contribution < 1.29 is 20.7 Å². The van der Waals surface area contributed by atoms with E-state index in [9.17, 15) is 20.7 Å². The molecule has 0 radical (unpaired) electrons. The molecule has 0 aliphatic heterocycles. The molecule has 0 saturated heterocycles. The average Bonchev–Trinajstić information content (AvgIpc) is 2.26. The van der Waals surface area contributed by atoms with E-state index in [0.717, 1.165) is 10.4 Å². The van der Waals surface area contributed by atoms with Crippen LogP contribution in [0.1, 0.15) is 5.56 Å². The summed E-state index contributed by atoms with van der Waals surface area (Å²) in [6, 6.07) is 3.83. The third-order valence-electron chi connectivity index (χ3n) is 2.14. The lowest BCUT2D eigenvalue weighted by Crippen LogP contribution is -2.22. The van der Waals surface area contributed by atoms with E-state index in [2.05, 4.69) is 0 Å². The summed E-state index contributed by atoms with van der Waals surface area (Å²) in [5.74, 6) is 0. The molecule has 0 atom stereocenters. The molecule has 0 fully saturated rings. The minimum absolute atomic E-state index is 0.00560. The lowest BCUT2D eigenvalue weighted by molar-refractivity contribution is 0.521. The highest BCUT2D eigenvalue weighted by atomic mass is 35.5. The fourth-order valence-corrected chi connectivity index (χ4v) is 2.90. The summed E-state index contributed by atoms with van der Waals surface area (Å²) < 4.78 is 57.9. The van der Waals surface area contributed by atoms with Crippen molar-refractivity contribution in [3.8, 4) is 0 Å². The van der Waals surface area contributed by atoms with Crippen LogP contribution in [0.15, 0.2) is 28.5 Å². The van der Waals surface area contributed by atoms with Crippen LogP contribution in [-0.2, 0) is 20.2 Å². The summed E-state index contributed by atoms with van der Waals surface area (Å²) in [4.78, 5) is -0.183. The van der Waals surface area contributed by atoms with Gasteiger partial charge in [0, 0.05) is 14.1 Å². The summed E-state index contributed by atoms with van der Waals surface area (Å²) in [5, 5.41) is 0.330. The lowest BCUT2D eigenvalue weighted by Gasteiger charge is -2.13. The monoisotopic (exact) mass is 327 g/mol. The van der Waals surface area contributed by atoms with Gasteiger partial charge in [0.25, 0.3) is 0 Å². The van der Waals surface area contributed by atoms with Crippen LogP contribution < -0.4 is 0 Å². The fraction of sp³-hybridized carbons (Fsp3) is 0.200. The Labute approximate surface area is 116 Å². The Bertz CT molecular complexity index is 711. The second-order valence-electron chi connectivity index (χ2n) is 3.76. The molecule has 0 aliphatic carbocycles. The van der Waals surface area contributed by atoms with Crippen LogP contribution in [0, 0.1) is 0 Å². The van der Waals surface area contributed by atoms with Crippen molar-refractivity contribution in [1.29, 1.82) is 0 Å². The molecule has 0 aromatic heterocycles. The Hall–Kier alpha value is -0.960. The van der Waals surface area contributed by atoms with Crippen LogP contribution in [0.3, 0.4) is 0 Å². The van der Waals surface area contributed by atoms with Crippen LogP contribution in [-0.4, -0.2) is 35.2 Å². The van der Waals surface area contributed by atoms with Crippen molar-refractivity contribution in [2.24, 2.45) is 0 Å². The van der Waals surface area contributed by atoms with Gasteiger partial charge in [0.15, 0.2) is 0 Å². The largest absolute Gasteiger partial charge is 0.325 e. The van der Waals surface area contributed by atoms with Gasteiger partial charge in [0.2, 0.25) is 10.0 Å². The van der Waals surface area contributed by atoms with Crippen molar-refractivity contribution >= 4 is 37.9 Å². The number of benzene rings is 1.